The molecule has 1 atom stereocenters. The largest absolute Gasteiger partial charge is 0.493 e. The molecule has 1 aliphatic rings. The Balaban J connectivity index is 1.96. The lowest BCUT2D eigenvalue weighted by Gasteiger charge is -2.21. The first-order chi connectivity index (χ1) is 14.0. The van der Waals surface area contributed by atoms with Crippen LogP contribution in [-0.2, 0) is 6.42 Å². The van der Waals surface area contributed by atoms with Crippen LogP contribution in [0.3, 0.4) is 0 Å². The molecule has 0 aliphatic carbocycles. The van der Waals surface area contributed by atoms with E-state index in [1.54, 1.807) is 19.2 Å². The van der Waals surface area contributed by atoms with Gasteiger partial charge in [-0.25, -0.2) is 5.01 Å². The molecule has 0 saturated carbocycles. The van der Waals surface area contributed by atoms with E-state index < -0.39 is 0 Å². The molecule has 4 rings (SSSR count). The number of benzene rings is 2. The molecule has 0 spiro atoms. The van der Waals surface area contributed by atoms with Crippen molar-refractivity contribution in [1.82, 2.24) is 10.1 Å². The minimum Gasteiger partial charge on any atom is -0.493 e. The average molecular weight is 393 g/mol. The van der Waals surface area contributed by atoms with Crippen molar-refractivity contribution >= 4 is 17.3 Å². The van der Waals surface area contributed by atoms with Gasteiger partial charge in [0, 0.05) is 16.8 Å². The van der Waals surface area contributed by atoms with Gasteiger partial charge in [-0.1, -0.05) is 6.07 Å². The zero-order chi connectivity index (χ0) is 20.5. The molecule has 0 fully saturated rings. The highest BCUT2D eigenvalue weighted by molar-refractivity contribution is 6.15. The number of fused-ring (bicyclic) bond motifs is 1. The standard InChI is InChI=1S/C21H23N5O3/c1-12-7-14(5-6-17(12)22)20-16-10-19(28-4)18(27-3)9-15(16)8-13(2)26(24-20)21-23-11-29-25-21/h5-7,9-11,13H,8,22H2,1-4H3. The average Bonchev–Trinajstić information content (AvgIpc) is 3.20. The van der Waals surface area contributed by atoms with Gasteiger partial charge in [-0.2, -0.15) is 10.1 Å². The lowest BCUT2D eigenvalue weighted by Crippen LogP contribution is -2.30. The number of rotatable bonds is 4. The van der Waals surface area contributed by atoms with Crippen molar-refractivity contribution in [3.05, 3.63) is 59.0 Å². The maximum atomic E-state index is 6.03. The first-order valence-corrected chi connectivity index (χ1v) is 9.27. The van der Waals surface area contributed by atoms with E-state index >= 15 is 0 Å². The number of nitrogens with two attached hydrogens (primary N) is 1. The summed E-state index contributed by atoms with van der Waals surface area (Å²) in [6, 6.07) is 9.85. The van der Waals surface area contributed by atoms with Gasteiger partial charge in [-0.05, 0) is 60.8 Å². The fourth-order valence-corrected chi connectivity index (χ4v) is 3.52. The van der Waals surface area contributed by atoms with Crippen LogP contribution in [0.2, 0.25) is 0 Å². The second-order valence-corrected chi connectivity index (χ2v) is 7.01. The van der Waals surface area contributed by atoms with Gasteiger partial charge in [0.15, 0.2) is 11.5 Å². The third kappa shape index (κ3) is 3.37. The highest BCUT2D eigenvalue weighted by Gasteiger charge is 2.28. The Morgan fingerprint density at radius 1 is 1.14 bits per heavy atom. The molecule has 0 radical (unpaired) electrons. The van der Waals surface area contributed by atoms with Crippen molar-refractivity contribution in [3.8, 4) is 11.5 Å². The maximum Gasteiger partial charge on any atom is 0.286 e. The molecule has 2 N–H and O–H groups in total. The van der Waals surface area contributed by atoms with Crippen LogP contribution in [0.4, 0.5) is 11.6 Å². The van der Waals surface area contributed by atoms with E-state index in [2.05, 4.69) is 17.1 Å². The molecular weight excluding hydrogens is 370 g/mol. The molecule has 0 bridgehead atoms. The van der Waals surface area contributed by atoms with E-state index in [1.165, 1.54) is 6.39 Å². The van der Waals surface area contributed by atoms with Crippen molar-refractivity contribution in [2.24, 2.45) is 5.10 Å². The van der Waals surface area contributed by atoms with Gasteiger partial charge in [0.05, 0.1) is 26.0 Å². The van der Waals surface area contributed by atoms with Gasteiger partial charge in [-0.3, -0.25) is 0 Å². The van der Waals surface area contributed by atoms with Gasteiger partial charge in [0.2, 0.25) is 6.39 Å². The highest BCUT2D eigenvalue weighted by atomic mass is 16.5. The van der Waals surface area contributed by atoms with Crippen molar-refractivity contribution in [2.75, 3.05) is 25.0 Å². The van der Waals surface area contributed by atoms with Crippen LogP contribution in [0.25, 0.3) is 0 Å². The monoisotopic (exact) mass is 393 g/mol. The summed E-state index contributed by atoms with van der Waals surface area (Å²) in [4.78, 5) is 4.19. The Bertz CT molecular complexity index is 1060. The van der Waals surface area contributed by atoms with Gasteiger partial charge >= 0.3 is 0 Å². The molecule has 1 unspecified atom stereocenters. The molecule has 2 heterocycles. The van der Waals surface area contributed by atoms with Crippen molar-refractivity contribution in [3.63, 3.8) is 0 Å². The molecule has 1 aromatic heterocycles. The van der Waals surface area contributed by atoms with Crippen molar-refractivity contribution in [2.45, 2.75) is 26.3 Å². The van der Waals surface area contributed by atoms with Gasteiger partial charge in [0.1, 0.15) is 0 Å². The van der Waals surface area contributed by atoms with E-state index in [-0.39, 0.29) is 6.04 Å². The molecule has 1 aliphatic heterocycles. The van der Waals surface area contributed by atoms with Crippen LogP contribution >= 0.6 is 0 Å². The lowest BCUT2D eigenvalue weighted by molar-refractivity contribution is 0.354. The normalized spacial score (nSPS) is 16.1. The molecule has 0 saturated heterocycles. The zero-order valence-corrected chi connectivity index (χ0v) is 16.8. The van der Waals surface area contributed by atoms with E-state index in [1.807, 2.05) is 37.3 Å². The summed E-state index contributed by atoms with van der Waals surface area (Å²) in [6.45, 7) is 4.04. The predicted octanol–water partition coefficient (Wildman–Crippen LogP) is 3.18. The summed E-state index contributed by atoms with van der Waals surface area (Å²) in [5.74, 6) is 1.74. The minimum atomic E-state index is -0.00294. The van der Waals surface area contributed by atoms with Gasteiger partial charge in [0.25, 0.3) is 5.95 Å². The Labute approximate surface area is 168 Å². The maximum absolute atomic E-state index is 6.03. The number of hydrazone groups is 1. The van der Waals surface area contributed by atoms with E-state index in [9.17, 15) is 0 Å². The molecule has 0 amide bonds. The van der Waals surface area contributed by atoms with Crippen LogP contribution in [0.1, 0.15) is 29.2 Å². The van der Waals surface area contributed by atoms with Crippen LogP contribution in [0, 0.1) is 6.92 Å². The van der Waals surface area contributed by atoms with Crippen LogP contribution in [-0.4, -0.2) is 36.1 Å². The Morgan fingerprint density at radius 3 is 2.55 bits per heavy atom. The van der Waals surface area contributed by atoms with Crippen LogP contribution in [0.15, 0.2) is 46.3 Å². The molecule has 8 nitrogen and oxygen atoms in total. The number of aryl methyl sites for hydroxylation is 1. The molecule has 29 heavy (non-hydrogen) atoms. The predicted molar refractivity (Wildman–Crippen MR) is 111 cm³/mol. The summed E-state index contributed by atoms with van der Waals surface area (Å²) >= 11 is 0. The third-order valence-electron chi connectivity index (χ3n) is 5.10. The molecule has 150 valence electrons. The number of hydrogen-bond acceptors (Lipinski definition) is 8. The third-order valence-corrected chi connectivity index (χ3v) is 5.10. The fraction of sp³-hybridized carbons (Fsp3) is 0.286. The fourth-order valence-electron chi connectivity index (χ4n) is 3.52. The number of nitrogens with zero attached hydrogens (tertiary/aromatic N) is 4. The summed E-state index contributed by atoms with van der Waals surface area (Å²) in [7, 11) is 3.26. The number of methoxy groups -OCH3 is 2. The lowest BCUT2D eigenvalue weighted by atomic mass is 9.93. The Morgan fingerprint density at radius 2 is 1.90 bits per heavy atom. The summed E-state index contributed by atoms with van der Waals surface area (Å²) in [5.41, 5.74) is 11.5. The highest BCUT2D eigenvalue weighted by Crippen LogP contribution is 2.35. The second kappa shape index (κ2) is 7.46. The molecule has 2 aromatic carbocycles. The van der Waals surface area contributed by atoms with Crippen LogP contribution < -0.4 is 20.2 Å². The SMILES string of the molecule is COc1cc2c(cc1OC)C(c1ccc(N)c(C)c1)=NN(c1ncon1)C(C)C2. The first kappa shape index (κ1) is 18.8. The van der Waals surface area contributed by atoms with E-state index in [0.29, 0.717) is 23.9 Å². The molecular formula is C21H23N5O3. The quantitative estimate of drug-likeness (QED) is 0.680. The number of aromatic nitrogens is 2. The number of anilines is 2. The van der Waals surface area contributed by atoms with Crippen molar-refractivity contribution < 1.29 is 14.0 Å². The second-order valence-electron chi connectivity index (χ2n) is 7.01. The van der Waals surface area contributed by atoms with Gasteiger partial charge < -0.3 is 19.7 Å². The molecule has 3 aromatic rings. The Hall–Kier alpha value is -3.55. The first-order valence-electron chi connectivity index (χ1n) is 9.27. The smallest absolute Gasteiger partial charge is 0.286 e. The Kier molecular flexibility index (Phi) is 4.84. The van der Waals surface area contributed by atoms with E-state index in [4.69, 9.17) is 24.8 Å². The summed E-state index contributed by atoms with van der Waals surface area (Å²) < 4.78 is 16.0. The van der Waals surface area contributed by atoms with Crippen molar-refractivity contribution in [1.29, 1.82) is 0 Å². The number of nitrogen functional groups attached to an aromatic ring is 1. The number of ether oxygens (including phenoxy) is 2. The summed E-state index contributed by atoms with van der Waals surface area (Å²) in [5, 5.41) is 10.7. The summed E-state index contributed by atoms with van der Waals surface area (Å²) in [6.07, 6.45) is 2.01. The van der Waals surface area contributed by atoms with Crippen LogP contribution in [0.5, 0.6) is 11.5 Å². The zero-order valence-electron chi connectivity index (χ0n) is 16.8. The minimum absolute atomic E-state index is 0.00294. The van der Waals surface area contributed by atoms with Gasteiger partial charge in [-0.15, -0.1) is 0 Å². The number of hydrogen-bond donors (Lipinski definition) is 1. The molecule has 8 heteroatoms. The van der Waals surface area contributed by atoms with E-state index in [0.717, 1.165) is 33.7 Å². The topological polar surface area (TPSA) is 99.0 Å².